The van der Waals surface area contributed by atoms with Gasteiger partial charge in [-0.2, -0.15) is 0 Å². The number of fused-ring (bicyclic) bond motifs is 1. The van der Waals surface area contributed by atoms with E-state index in [1.807, 2.05) is 91.0 Å². The van der Waals surface area contributed by atoms with Gasteiger partial charge in [0.05, 0.1) is 23.4 Å². The Morgan fingerprint density at radius 2 is 1.74 bits per heavy atom. The highest BCUT2D eigenvalue weighted by Crippen LogP contribution is 2.36. The molecule has 2 aromatic heterocycles. The van der Waals surface area contributed by atoms with Crippen molar-refractivity contribution in [2.45, 2.75) is 6.92 Å². The summed E-state index contributed by atoms with van der Waals surface area (Å²) in [6.07, 6.45) is 5.40. The maximum absolute atomic E-state index is 13.8. The highest BCUT2D eigenvalue weighted by Gasteiger charge is 2.31. The lowest BCUT2D eigenvalue weighted by Gasteiger charge is -2.21. The summed E-state index contributed by atoms with van der Waals surface area (Å²) >= 11 is 0. The first-order chi connectivity index (χ1) is 19.1. The first-order valence-electron chi connectivity index (χ1n) is 12.7. The SMILES string of the molecule is CCOC(=O)c1ccc(-c2ccc(/C=C3\C=C(c4ccccc4)N(c4ccc5ncccc5c4)C3=O)o2)cc1. The zero-order chi connectivity index (χ0) is 26.8. The van der Waals surface area contributed by atoms with Crippen LogP contribution in [0.4, 0.5) is 5.69 Å². The molecule has 0 saturated carbocycles. The second-order valence-electron chi connectivity index (χ2n) is 9.02. The predicted octanol–water partition coefficient (Wildman–Crippen LogP) is 7.14. The summed E-state index contributed by atoms with van der Waals surface area (Å²) in [6.45, 7) is 2.10. The van der Waals surface area contributed by atoms with Crippen LogP contribution < -0.4 is 4.90 Å². The number of ether oxygens (including phenoxy) is 1. The Kier molecular flexibility index (Phi) is 6.35. The van der Waals surface area contributed by atoms with E-state index >= 15 is 0 Å². The average Bonchev–Trinajstić information content (AvgIpc) is 3.58. The van der Waals surface area contributed by atoms with Gasteiger partial charge in [-0.15, -0.1) is 0 Å². The molecule has 0 radical (unpaired) electrons. The molecule has 5 aromatic rings. The minimum atomic E-state index is -0.359. The number of pyridine rings is 1. The van der Waals surface area contributed by atoms with Crippen LogP contribution in [0.5, 0.6) is 0 Å². The molecule has 0 atom stereocenters. The molecule has 3 aromatic carbocycles. The third kappa shape index (κ3) is 4.76. The van der Waals surface area contributed by atoms with Crippen LogP contribution in [0.2, 0.25) is 0 Å². The van der Waals surface area contributed by atoms with Crippen LogP contribution in [0.3, 0.4) is 0 Å². The van der Waals surface area contributed by atoms with Crippen LogP contribution >= 0.6 is 0 Å². The Morgan fingerprint density at radius 1 is 0.923 bits per heavy atom. The smallest absolute Gasteiger partial charge is 0.338 e. The van der Waals surface area contributed by atoms with Gasteiger partial charge in [0.15, 0.2) is 0 Å². The van der Waals surface area contributed by atoms with Crippen molar-refractivity contribution in [2.75, 3.05) is 11.5 Å². The predicted molar refractivity (Wildman–Crippen MR) is 152 cm³/mol. The number of hydrogen-bond donors (Lipinski definition) is 0. The van der Waals surface area contributed by atoms with Gasteiger partial charge in [-0.3, -0.25) is 14.7 Å². The fraction of sp³-hybridized carbons (Fsp3) is 0.0606. The number of aromatic nitrogens is 1. The Hall–Kier alpha value is -5.23. The van der Waals surface area contributed by atoms with E-state index in [9.17, 15) is 9.59 Å². The molecule has 190 valence electrons. The minimum absolute atomic E-state index is 0.145. The van der Waals surface area contributed by atoms with Gasteiger partial charge in [-0.1, -0.05) is 48.5 Å². The summed E-state index contributed by atoms with van der Waals surface area (Å²) in [4.78, 5) is 31.8. The van der Waals surface area contributed by atoms with Crippen molar-refractivity contribution in [3.05, 3.63) is 132 Å². The van der Waals surface area contributed by atoms with Crippen LogP contribution in [-0.4, -0.2) is 23.5 Å². The topological polar surface area (TPSA) is 72.6 Å². The Morgan fingerprint density at radius 3 is 2.54 bits per heavy atom. The van der Waals surface area contributed by atoms with Crippen molar-refractivity contribution in [2.24, 2.45) is 0 Å². The quantitative estimate of drug-likeness (QED) is 0.179. The number of amides is 1. The van der Waals surface area contributed by atoms with Gasteiger partial charge in [-0.05, 0) is 73.2 Å². The maximum atomic E-state index is 13.8. The van der Waals surface area contributed by atoms with Crippen molar-refractivity contribution in [1.82, 2.24) is 4.98 Å². The standard InChI is InChI=1S/C33H24N2O4/c1-2-38-33(37)24-12-10-23(11-13-24)31-17-15-28(39-31)20-26-21-30(22-7-4-3-5-8-22)35(32(26)36)27-14-16-29-25(19-27)9-6-18-34-29/h3-21H,2H2,1H3/b26-20+. The monoisotopic (exact) mass is 512 g/mol. The normalized spacial score (nSPS) is 14.2. The molecule has 0 fully saturated rings. The molecule has 39 heavy (non-hydrogen) atoms. The Labute approximate surface area is 225 Å². The molecule has 0 N–H and O–H groups in total. The molecule has 0 aliphatic carbocycles. The molecule has 0 spiro atoms. The van der Waals surface area contributed by atoms with Gasteiger partial charge in [-0.25, -0.2) is 4.79 Å². The highest BCUT2D eigenvalue weighted by atomic mass is 16.5. The van der Waals surface area contributed by atoms with Gasteiger partial charge >= 0.3 is 5.97 Å². The molecule has 1 aliphatic rings. The van der Waals surface area contributed by atoms with Crippen molar-refractivity contribution < 1.29 is 18.7 Å². The van der Waals surface area contributed by atoms with Gasteiger partial charge in [0.1, 0.15) is 11.5 Å². The van der Waals surface area contributed by atoms with Crippen LogP contribution in [0, 0.1) is 0 Å². The lowest BCUT2D eigenvalue weighted by Crippen LogP contribution is -2.24. The summed E-state index contributed by atoms with van der Waals surface area (Å²) in [5.41, 5.74) is 5.16. The number of esters is 1. The van der Waals surface area contributed by atoms with Gasteiger partial charge in [0, 0.05) is 28.4 Å². The molecule has 0 unspecified atom stereocenters. The second kappa shape index (κ2) is 10.3. The van der Waals surface area contributed by atoms with E-state index in [0.717, 1.165) is 33.4 Å². The summed E-state index contributed by atoms with van der Waals surface area (Å²) in [6, 6.07) is 30.2. The molecule has 6 nitrogen and oxygen atoms in total. The van der Waals surface area contributed by atoms with Crippen LogP contribution in [-0.2, 0) is 9.53 Å². The summed E-state index contributed by atoms with van der Waals surface area (Å²) in [7, 11) is 0. The number of anilines is 1. The van der Waals surface area contributed by atoms with E-state index in [-0.39, 0.29) is 11.9 Å². The minimum Gasteiger partial charge on any atom is -0.462 e. The number of carbonyl (C=O) groups is 2. The Balaban J connectivity index is 1.34. The third-order valence-electron chi connectivity index (χ3n) is 6.50. The van der Waals surface area contributed by atoms with E-state index in [1.54, 1.807) is 36.2 Å². The van der Waals surface area contributed by atoms with Gasteiger partial charge < -0.3 is 9.15 Å². The van der Waals surface area contributed by atoms with Crippen molar-refractivity contribution in [1.29, 1.82) is 0 Å². The van der Waals surface area contributed by atoms with Crippen LogP contribution in [0.1, 0.15) is 28.6 Å². The molecular weight excluding hydrogens is 488 g/mol. The Bertz CT molecular complexity index is 1750. The molecule has 0 saturated heterocycles. The molecule has 3 heterocycles. The second-order valence-corrected chi connectivity index (χ2v) is 9.02. The fourth-order valence-corrected chi connectivity index (χ4v) is 4.62. The van der Waals surface area contributed by atoms with Gasteiger partial charge in [0.2, 0.25) is 0 Å². The molecule has 1 amide bonds. The molecule has 0 bridgehead atoms. The van der Waals surface area contributed by atoms with Crippen LogP contribution in [0.25, 0.3) is 34.0 Å². The number of hydrogen-bond acceptors (Lipinski definition) is 5. The summed E-state index contributed by atoms with van der Waals surface area (Å²) < 4.78 is 11.1. The van der Waals surface area contributed by atoms with Crippen molar-refractivity contribution in [3.63, 3.8) is 0 Å². The highest BCUT2D eigenvalue weighted by molar-refractivity contribution is 6.23. The zero-order valence-corrected chi connectivity index (χ0v) is 21.2. The van der Waals surface area contributed by atoms with E-state index in [2.05, 4.69) is 4.98 Å². The summed E-state index contributed by atoms with van der Waals surface area (Å²) in [5, 5.41) is 0.956. The third-order valence-corrected chi connectivity index (χ3v) is 6.50. The number of rotatable bonds is 6. The number of nitrogens with zero attached hydrogens (tertiary/aromatic N) is 2. The van der Waals surface area contributed by atoms with Crippen molar-refractivity contribution >= 4 is 40.2 Å². The number of benzene rings is 3. The fourth-order valence-electron chi connectivity index (χ4n) is 4.62. The van der Waals surface area contributed by atoms with E-state index in [0.29, 0.717) is 29.3 Å². The van der Waals surface area contributed by atoms with E-state index < -0.39 is 0 Å². The largest absolute Gasteiger partial charge is 0.462 e. The van der Waals surface area contributed by atoms with Crippen molar-refractivity contribution in [3.8, 4) is 11.3 Å². The molecule has 6 heteroatoms. The maximum Gasteiger partial charge on any atom is 0.338 e. The lowest BCUT2D eigenvalue weighted by molar-refractivity contribution is -0.113. The average molecular weight is 513 g/mol. The van der Waals surface area contributed by atoms with Gasteiger partial charge in [0.25, 0.3) is 5.91 Å². The molecule has 1 aliphatic heterocycles. The summed E-state index contributed by atoms with van der Waals surface area (Å²) in [5.74, 6) is 0.681. The first-order valence-corrected chi connectivity index (χ1v) is 12.7. The molecular formula is C33H24N2O4. The zero-order valence-electron chi connectivity index (χ0n) is 21.2. The number of carbonyl (C=O) groups excluding carboxylic acids is 2. The van der Waals surface area contributed by atoms with E-state index in [1.165, 1.54) is 0 Å². The van der Waals surface area contributed by atoms with E-state index in [4.69, 9.17) is 9.15 Å². The first kappa shape index (κ1) is 24.1. The molecule has 6 rings (SSSR count). The number of furan rings is 1. The lowest BCUT2D eigenvalue weighted by atomic mass is 10.1. The van der Waals surface area contributed by atoms with Crippen LogP contribution in [0.15, 0.2) is 119 Å².